The molecule has 2 aliphatic rings. The van der Waals surface area contributed by atoms with E-state index in [0.717, 1.165) is 39.0 Å². The summed E-state index contributed by atoms with van der Waals surface area (Å²) in [5.74, 6) is 0.145. The normalized spacial score (nSPS) is 30.3. The van der Waals surface area contributed by atoms with Crippen LogP contribution in [0.15, 0.2) is 0 Å². The molecule has 17 heavy (non-hydrogen) atoms. The average Bonchev–Trinajstić information content (AvgIpc) is 2.40. The maximum atomic E-state index is 12.2. The van der Waals surface area contributed by atoms with Crippen LogP contribution in [0.25, 0.3) is 0 Å². The van der Waals surface area contributed by atoms with E-state index in [9.17, 15) is 9.90 Å². The minimum absolute atomic E-state index is 0.0285. The predicted molar refractivity (Wildman–Crippen MR) is 63.7 cm³/mol. The minimum Gasteiger partial charge on any atom is -0.394 e. The summed E-state index contributed by atoms with van der Waals surface area (Å²) >= 11 is 0. The van der Waals surface area contributed by atoms with Crippen LogP contribution in [0.2, 0.25) is 0 Å². The molecule has 2 heterocycles. The van der Waals surface area contributed by atoms with Gasteiger partial charge in [-0.25, -0.2) is 0 Å². The fraction of sp³-hybridized carbons (Fsp3) is 0.917. The van der Waals surface area contributed by atoms with E-state index >= 15 is 0 Å². The molecule has 5 heteroatoms. The number of aliphatic hydroxyl groups excluding tert-OH is 1. The smallest absolute Gasteiger partial charge is 0.224 e. The molecule has 0 radical (unpaired) electrons. The summed E-state index contributed by atoms with van der Waals surface area (Å²) in [4.78, 5) is 14.0. The molecule has 2 saturated heterocycles. The van der Waals surface area contributed by atoms with Gasteiger partial charge in [-0.3, -0.25) is 4.79 Å². The van der Waals surface area contributed by atoms with Crippen molar-refractivity contribution >= 4 is 5.91 Å². The van der Waals surface area contributed by atoms with Crippen molar-refractivity contribution in [2.45, 2.75) is 37.8 Å². The van der Waals surface area contributed by atoms with Gasteiger partial charge in [0.2, 0.25) is 5.91 Å². The van der Waals surface area contributed by atoms with Crippen molar-refractivity contribution in [2.24, 2.45) is 0 Å². The third kappa shape index (κ3) is 3.40. The Morgan fingerprint density at radius 3 is 3.06 bits per heavy atom. The molecule has 2 fully saturated rings. The van der Waals surface area contributed by atoms with Crippen molar-refractivity contribution in [3.63, 3.8) is 0 Å². The van der Waals surface area contributed by atoms with E-state index in [-0.39, 0.29) is 24.6 Å². The number of carbonyl (C=O) groups excluding carboxylic acids is 1. The topological polar surface area (TPSA) is 61.8 Å². The van der Waals surface area contributed by atoms with Gasteiger partial charge in [-0.15, -0.1) is 0 Å². The second kappa shape index (κ2) is 6.33. The molecule has 5 nitrogen and oxygen atoms in total. The van der Waals surface area contributed by atoms with Crippen LogP contribution in [0.5, 0.6) is 0 Å². The Labute approximate surface area is 102 Å². The van der Waals surface area contributed by atoms with E-state index in [1.54, 1.807) is 0 Å². The van der Waals surface area contributed by atoms with Crippen LogP contribution in [-0.2, 0) is 9.53 Å². The fourth-order valence-corrected chi connectivity index (χ4v) is 2.60. The van der Waals surface area contributed by atoms with E-state index in [1.165, 1.54) is 0 Å². The summed E-state index contributed by atoms with van der Waals surface area (Å²) in [5, 5.41) is 12.6. The summed E-state index contributed by atoms with van der Waals surface area (Å²) in [6.45, 7) is 3.04. The second-order valence-corrected chi connectivity index (χ2v) is 4.85. The van der Waals surface area contributed by atoms with Crippen molar-refractivity contribution in [3.8, 4) is 0 Å². The number of carbonyl (C=O) groups is 1. The molecule has 0 saturated carbocycles. The molecule has 0 spiro atoms. The van der Waals surface area contributed by atoms with Crippen LogP contribution < -0.4 is 5.32 Å². The Balaban J connectivity index is 1.84. The first-order valence-corrected chi connectivity index (χ1v) is 6.52. The van der Waals surface area contributed by atoms with Gasteiger partial charge in [-0.1, -0.05) is 0 Å². The highest BCUT2D eigenvalue weighted by molar-refractivity contribution is 5.77. The molecule has 0 aliphatic carbocycles. The lowest BCUT2D eigenvalue weighted by Crippen LogP contribution is -2.49. The predicted octanol–water partition coefficient (Wildman–Crippen LogP) is -0.262. The SMILES string of the molecule is O=C(CC1COCCN1)N1CCCCC1CO. The van der Waals surface area contributed by atoms with Crippen molar-refractivity contribution in [1.82, 2.24) is 10.2 Å². The Morgan fingerprint density at radius 2 is 2.35 bits per heavy atom. The zero-order valence-electron chi connectivity index (χ0n) is 10.2. The summed E-state index contributed by atoms with van der Waals surface area (Å²) in [6, 6.07) is 0.165. The molecule has 2 N–H and O–H groups in total. The molecule has 2 unspecified atom stereocenters. The number of hydrogen-bond donors (Lipinski definition) is 2. The summed E-state index contributed by atoms with van der Waals surface area (Å²) < 4.78 is 5.34. The van der Waals surface area contributed by atoms with Crippen LogP contribution in [0.3, 0.4) is 0 Å². The molecular formula is C12H22N2O3. The van der Waals surface area contributed by atoms with Crippen LogP contribution in [-0.4, -0.2) is 60.9 Å². The zero-order valence-corrected chi connectivity index (χ0v) is 10.2. The lowest BCUT2D eigenvalue weighted by Gasteiger charge is -2.36. The van der Waals surface area contributed by atoms with Gasteiger partial charge < -0.3 is 20.1 Å². The first kappa shape index (κ1) is 12.8. The maximum Gasteiger partial charge on any atom is 0.224 e. The van der Waals surface area contributed by atoms with Gasteiger partial charge in [-0.05, 0) is 19.3 Å². The number of piperidine rings is 1. The van der Waals surface area contributed by atoms with Crippen LogP contribution in [0, 0.1) is 0 Å². The Hall–Kier alpha value is -0.650. The molecule has 1 amide bonds. The molecule has 0 bridgehead atoms. The molecular weight excluding hydrogens is 220 g/mol. The molecule has 2 aliphatic heterocycles. The van der Waals surface area contributed by atoms with Crippen molar-refractivity contribution < 1.29 is 14.6 Å². The molecule has 0 aromatic heterocycles. The van der Waals surface area contributed by atoms with E-state index in [0.29, 0.717) is 13.0 Å². The maximum absolute atomic E-state index is 12.2. The second-order valence-electron chi connectivity index (χ2n) is 4.85. The minimum atomic E-state index is 0.0285. The molecule has 0 aromatic rings. The number of hydrogen-bond acceptors (Lipinski definition) is 4. The number of likely N-dealkylation sites (tertiary alicyclic amines) is 1. The number of nitrogens with one attached hydrogen (secondary N) is 1. The first-order chi connectivity index (χ1) is 8.31. The highest BCUT2D eigenvalue weighted by Crippen LogP contribution is 2.18. The van der Waals surface area contributed by atoms with Gasteiger partial charge in [-0.2, -0.15) is 0 Å². The molecule has 2 rings (SSSR count). The lowest BCUT2D eigenvalue weighted by molar-refractivity contribution is -0.137. The Bertz CT molecular complexity index is 254. The van der Waals surface area contributed by atoms with Crippen molar-refractivity contribution in [1.29, 1.82) is 0 Å². The van der Waals surface area contributed by atoms with Gasteiger partial charge in [0, 0.05) is 25.6 Å². The summed E-state index contributed by atoms with van der Waals surface area (Å²) in [6.07, 6.45) is 3.57. The van der Waals surface area contributed by atoms with E-state index in [4.69, 9.17) is 4.74 Å². The van der Waals surface area contributed by atoms with Gasteiger partial charge in [0.15, 0.2) is 0 Å². The molecule has 0 aromatic carbocycles. The molecule has 98 valence electrons. The first-order valence-electron chi connectivity index (χ1n) is 6.52. The number of nitrogens with zero attached hydrogens (tertiary/aromatic N) is 1. The van der Waals surface area contributed by atoms with Gasteiger partial charge >= 0.3 is 0 Å². The summed E-state index contributed by atoms with van der Waals surface area (Å²) in [7, 11) is 0. The van der Waals surface area contributed by atoms with Crippen LogP contribution >= 0.6 is 0 Å². The van der Waals surface area contributed by atoms with E-state index < -0.39 is 0 Å². The number of morpholine rings is 1. The highest BCUT2D eigenvalue weighted by Gasteiger charge is 2.28. The van der Waals surface area contributed by atoms with Crippen LogP contribution in [0.4, 0.5) is 0 Å². The van der Waals surface area contributed by atoms with E-state index in [2.05, 4.69) is 5.32 Å². The monoisotopic (exact) mass is 242 g/mol. The van der Waals surface area contributed by atoms with Gasteiger partial charge in [0.1, 0.15) is 0 Å². The Kier molecular flexibility index (Phi) is 4.76. The fourth-order valence-electron chi connectivity index (χ4n) is 2.60. The Morgan fingerprint density at radius 1 is 1.47 bits per heavy atom. The third-order valence-electron chi connectivity index (χ3n) is 3.58. The van der Waals surface area contributed by atoms with E-state index in [1.807, 2.05) is 4.90 Å². The standard InChI is InChI=1S/C12H22N2O3/c15-8-11-3-1-2-5-14(11)12(16)7-10-9-17-6-4-13-10/h10-11,13,15H,1-9H2. The third-order valence-corrected chi connectivity index (χ3v) is 3.58. The lowest BCUT2D eigenvalue weighted by atomic mass is 10.0. The van der Waals surface area contributed by atoms with Crippen molar-refractivity contribution in [2.75, 3.05) is 32.9 Å². The average molecular weight is 242 g/mol. The number of rotatable bonds is 3. The number of ether oxygens (including phenoxy) is 1. The molecule has 2 atom stereocenters. The van der Waals surface area contributed by atoms with Gasteiger partial charge in [0.05, 0.1) is 25.9 Å². The summed E-state index contributed by atoms with van der Waals surface area (Å²) in [5.41, 5.74) is 0. The zero-order chi connectivity index (χ0) is 12.1. The van der Waals surface area contributed by atoms with Crippen molar-refractivity contribution in [3.05, 3.63) is 0 Å². The van der Waals surface area contributed by atoms with Gasteiger partial charge in [0.25, 0.3) is 0 Å². The quantitative estimate of drug-likeness (QED) is 0.716. The largest absolute Gasteiger partial charge is 0.394 e. The number of amides is 1. The highest BCUT2D eigenvalue weighted by atomic mass is 16.5. The number of aliphatic hydroxyl groups is 1. The van der Waals surface area contributed by atoms with Crippen LogP contribution in [0.1, 0.15) is 25.7 Å².